The molecule has 0 amide bonds. The van der Waals surface area contributed by atoms with Crippen molar-refractivity contribution in [2.45, 2.75) is 49.8 Å². The van der Waals surface area contributed by atoms with Gasteiger partial charge >= 0.3 is 0 Å². The number of hydrogen-bond donors (Lipinski definition) is 2. The molecule has 118 valence electrons. The van der Waals surface area contributed by atoms with Crippen LogP contribution in [0.4, 0.5) is 0 Å². The van der Waals surface area contributed by atoms with E-state index in [-0.39, 0.29) is 18.2 Å². The Kier molecular flexibility index (Phi) is 5.37. The van der Waals surface area contributed by atoms with E-state index in [0.717, 1.165) is 18.4 Å². The van der Waals surface area contributed by atoms with Gasteiger partial charge in [-0.25, -0.2) is 13.1 Å². The minimum atomic E-state index is -3.46. The molecule has 1 atom stereocenters. The van der Waals surface area contributed by atoms with Crippen molar-refractivity contribution in [1.29, 1.82) is 0 Å². The van der Waals surface area contributed by atoms with Crippen LogP contribution in [-0.2, 0) is 14.8 Å². The molecule has 1 aliphatic carbocycles. The third kappa shape index (κ3) is 4.03. The second kappa shape index (κ2) is 6.87. The number of benzene rings is 1. The lowest BCUT2D eigenvalue weighted by molar-refractivity contribution is -0.00475. The van der Waals surface area contributed by atoms with Crippen LogP contribution in [0.25, 0.3) is 0 Å². The minimum Gasteiger partial charge on any atom is -0.378 e. The molecule has 0 heterocycles. The molecule has 2 N–H and O–H groups in total. The highest BCUT2D eigenvalue weighted by Gasteiger charge is 2.33. The number of sulfonamides is 1. The molecule has 0 bridgehead atoms. The van der Waals surface area contributed by atoms with Gasteiger partial charge in [0.1, 0.15) is 0 Å². The lowest BCUT2D eigenvalue weighted by Crippen LogP contribution is -2.47. The summed E-state index contributed by atoms with van der Waals surface area (Å²) >= 11 is 0. The Bertz CT molecular complexity index is 568. The second-order valence-electron chi connectivity index (χ2n) is 5.45. The summed E-state index contributed by atoms with van der Waals surface area (Å²) in [5.41, 5.74) is 0.959. The Morgan fingerprint density at radius 2 is 2.10 bits per heavy atom. The van der Waals surface area contributed by atoms with Crippen LogP contribution in [0.5, 0.6) is 0 Å². The predicted octanol–water partition coefficient (Wildman–Crippen LogP) is 1.81. The molecule has 0 saturated heterocycles. The Morgan fingerprint density at radius 3 is 2.71 bits per heavy atom. The van der Waals surface area contributed by atoms with E-state index in [4.69, 9.17) is 4.74 Å². The summed E-state index contributed by atoms with van der Waals surface area (Å²) in [6.45, 7) is 4.62. The van der Waals surface area contributed by atoms with Crippen LogP contribution in [0.1, 0.15) is 38.3 Å². The van der Waals surface area contributed by atoms with E-state index < -0.39 is 10.0 Å². The molecule has 1 unspecified atom stereocenters. The molecular weight excluding hydrogens is 288 g/mol. The summed E-state index contributed by atoms with van der Waals surface area (Å²) in [6.07, 6.45) is 1.69. The third-order valence-corrected chi connectivity index (χ3v) is 5.44. The van der Waals surface area contributed by atoms with Gasteiger partial charge in [-0.15, -0.1) is 0 Å². The van der Waals surface area contributed by atoms with E-state index >= 15 is 0 Å². The highest BCUT2D eigenvalue weighted by atomic mass is 32.2. The van der Waals surface area contributed by atoms with E-state index in [0.29, 0.717) is 11.5 Å². The Hall–Kier alpha value is -0.950. The highest BCUT2D eigenvalue weighted by molar-refractivity contribution is 7.89. The summed E-state index contributed by atoms with van der Waals surface area (Å²) in [5, 5.41) is 3.11. The van der Waals surface area contributed by atoms with E-state index in [2.05, 4.69) is 10.0 Å². The van der Waals surface area contributed by atoms with Gasteiger partial charge in [0.05, 0.1) is 11.0 Å². The number of hydrogen-bond acceptors (Lipinski definition) is 4. The quantitative estimate of drug-likeness (QED) is 0.806. The van der Waals surface area contributed by atoms with Crippen molar-refractivity contribution in [3.05, 3.63) is 29.8 Å². The van der Waals surface area contributed by atoms with Crippen LogP contribution in [0.2, 0.25) is 0 Å². The number of ether oxygens (including phenoxy) is 1. The fourth-order valence-electron chi connectivity index (χ4n) is 2.44. The molecule has 1 aromatic rings. The van der Waals surface area contributed by atoms with Crippen molar-refractivity contribution in [3.8, 4) is 0 Å². The van der Waals surface area contributed by atoms with Crippen LogP contribution in [-0.4, -0.2) is 34.2 Å². The van der Waals surface area contributed by atoms with Crippen molar-refractivity contribution in [2.75, 3.05) is 13.7 Å². The Morgan fingerprint density at radius 1 is 1.38 bits per heavy atom. The minimum absolute atomic E-state index is 0.0167. The monoisotopic (exact) mass is 312 g/mol. The van der Waals surface area contributed by atoms with Crippen LogP contribution in [0, 0.1) is 0 Å². The van der Waals surface area contributed by atoms with Crippen LogP contribution < -0.4 is 10.0 Å². The molecule has 1 aromatic carbocycles. The molecule has 1 aliphatic rings. The van der Waals surface area contributed by atoms with Gasteiger partial charge in [0.15, 0.2) is 0 Å². The molecule has 1 saturated carbocycles. The molecule has 0 spiro atoms. The molecule has 0 aliphatic heterocycles. The lowest BCUT2D eigenvalue weighted by atomic mass is 9.90. The van der Waals surface area contributed by atoms with E-state index in [1.807, 2.05) is 27.0 Å². The highest BCUT2D eigenvalue weighted by Crippen LogP contribution is 2.25. The van der Waals surface area contributed by atoms with Crippen LogP contribution >= 0.6 is 0 Å². The molecule has 1 fully saturated rings. The molecular formula is C15H24N2O3S. The molecule has 5 nitrogen and oxygen atoms in total. The first-order valence-electron chi connectivity index (χ1n) is 7.37. The standard InChI is InChI=1S/C15H24N2O3S/c1-4-20-14-9-13(10-14)17-21(18,19)15-7-5-6-12(8-15)11(2)16-3/h5-8,11,13-14,16-17H,4,9-10H2,1-3H3. The lowest BCUT2D eigenvalue weighted by Gasteiger charge is -2.35. The first kappa shape index (κ1) is 16.4. The zero-order valence-corrected chi connectivity index (χ0v) is 13.6. The predicted molar refractivity (Wildman–Crippen MR) is 82.7 cm³/mol. The fraction of sp³-hybridized carbons (Fsp3) is 0.600. The van der Waals surface area contributed by atoms with Crippen molar-refractivity contribution in [1.82, 2.24) is 10.0 Å². The van der Waals surface area contributed by atoms with Gasteiger partial charge in [-0.1, -0.05) is 12.1 Å². The molecule has 6 heteroatoms. The zero-order valence-electron chi connectivity index (χ0n) is 12.8. The van der Waals surface area contributed by atoms with E-state index in [1.165, 1.54) is 0 Å². The van der Waals surface area contributed by atoms with Gasteiger partial charge < -0.3 is 10.1 Å². The summed E-state index contributed by atoms with van der Waals surface area (Å²) in [4.78, 5) is 0.321. The summed E-state index contributed by atoms with van der Waals surface area (Å²) < 4.78 is 33.0. The summed E-state index contributed by atoms with van der Waals surface area (Å²) in [7, 11) is -1.60. The largest absolute Gasteiger partial charge is 0.378 e. The van der Waals surface area contributed by atoms with Crippen molar-refractivity contribution < 1.29 is 13.2 Å². The molecule has 0 aromatic heterocycles. The van der Waals surface area contributed by atoms with Gasteiger partial charge in [0.2, 0.25) is 10.0 Å². The van der Waals surface area contributed by atoms with Gasteiger partial charge in [0.25, 0.3) is 0 Å². The first-order valence-corrected chi connectivity index (χ1v) is 8.85. The first-order chi connectivity index (χ1) is 9.96. The summed E-state index contributed by atoms with van der Waals surface area (Å²) in [5.74, 6) is 0. The van der Waals surface area contributed by atoms with Crippen molar-refractivity contribution >= 4 is 10.0 Å². The Labute approximate surface area is 127 Å². The second-order valence-corrected chi connectivity index (χ2v) is 7.16. The topological polar surface area (TPSA) is 67.4 Å². The van der Waals surface area contributed by atoms with Gasteiger partial charge in [-0.3, -0.25) is 0 Å². The maximum atomic E-state index is 12.4. The maximum Gasteiger partial charge on any atom is 0.240 e. The zero-order chi connectivity index (χ0) is 15.5. The average molecular weight is 312 g/mol. The van der Waals surface area contributed by atoms with Crippen molar-refractivity contribution in [2.24, 2.45) is 0 Å². The van der Waals surface area contributed by atoms with E-state index in [1.54, 1.807) is 18.2 Å². The van der Waals surface area contributed by atoms with Gasteiger partial charge in [-0.2, -0.15) is 0 Å². The summed E-state index contributed by atoms with van der Waals surface area (Å²) in [6, 6.07) is 7.16. The average Bonchev–Trinajstić information content (AvgIpc) is 2.44. The fourth-order valence-corrected chi connectivity index (χ4v) is 3.76. The maximum absolute atomic E-state index is 12.4. The molecule has 0 radical (unpaired) electrons. The molecule has 2 rings (SSSR count). The SMILES string of the molecule is CCOC1CC(NS(=O)(=O)c2cccc(C(C)NC)c2)C1. The van der Waals surface area contributed by atoms with Gasteiger partial charge in [0, 0.05) is 18.7 Å². The number of rotatable bonds is 7. The van der Waals surface area contributed by atoms with Crippen LogP contribution in [0.3, 0.4) is 0 Å². The Balaban J connectivity index is 2.03. The van der Waals surface area contributed by atoms with Crippen molar-refractivity contribution in [3.63, 3.8) is 0 Å². The smallest absolute Gasteiger partial charge is 0.240 e. The van der Waals surface area contributed by atoms with Gasteiger partial charge in [-0.05, 0) is 51.4 Å². The third-order valence-electron chi connectivity index (χ3n) is 3.92. The van der Waals surface area contributed by atoms with Crippen LogP contribution in [0.15, 0.2) is 29.2 Å². The van der Waals surface area contributed by atoms with E-state index in [9.17, 15) is 8.42 Å². The number of nitrogens with one attached hydrogen (secondary N) is 2. The normalized spacial score (nSPS) is 23.6. The molecule has 21 heavy (non-hydrogen) atoms.